The lowest BCUT2D eigenvalue weighted by Gasteiger charge is -2.13. The number of ether oxygens (including phenoxy) is 1. The van der Waals surface area contributed by atoms with E-state index in [9.17, 15) is 4.39 Å². The molecule has 0 fully saturated rings. The number of oxime groups is 1. The SMILES string of the molecule is CC(Oc1ccc(F)c(Br)c1)/C(N)=N/O. The van der Waals surface area contributed by atoms with Crippen LogP contribution in [0.15, 0.2) is 27.8 Å². The Balaban J connectivity index is 2.77. The van der Waals surface area contributed by atoms with Gasteiger partial charge in [-0.25, -0.2) is 4.39 Å². The Bertz CT molecular complexity index is 384. The molecule has 0 aromatic heterocycles. The van der Waals surface area contributed by atoms with Crippen molar-refractivity contribution in [1.29, 1.82) is 0 Å². The molecule has 1 atom stereocenters. The summed E-state index contributed by atoms with van der Waals surface area (Å²) in [6, 6.07) is 4.19. The van der Waals surface area contributed by atoms with Gasteiger partial charge < -0.3 is 15.7 Å². The summed E-state index contributed by atoms with van der Waals surface area (Å²) in [6.07, 6.45) is -0.577. The zero-order valence-corrected chi connectivity index (χ0v) is 9.53. The minimum atomic E-state index is -0.577. The normalized spacial score (nSPS) is 13.7. The molecule has 0 aliphatic carbocycles. The zero-order valence-electron chi connectivity index (χ0n) is 7.95. The Morgan fingerprint density at radius 1 is 1.67 bits per heavy atom. The summed E-state index contributed by atoms with van der Waals surface area (Å²) in [6.45, 7) is 1.62. The summed E-state index contributed by atoms with van der Waals surface area (Å²) in [5.41, 5.74) is 5.32. The van der Waals surface area contributed by atoms with Crippen LogP contribution in [-0.4, -0.2) is 17.1 Å². The molecule has 0 aliphatic rings. The Morgan fingerprint density at radius 2 is 2.33 bits per heavy atom. The van der Waals surface area contributed by atoms with Crippen molar-refractivity contribution < 1.29 is 14.3 Å². The molecule has 1 rings (SSSR count). The van der Waals surface area contributed by atoms with Gasteiger partial charge in [0.1, 0.15) is 11.6 Å². The number of hydrogen-bond donors (Lipinski definition) is 2. The molecular formula is C9H10BrFN2O2. The Hall–Kier alpha value is -1.30. The molecule has 1 unspecified atom stereocenters. The van der Waals surface area contributed by atoms with Gasteiger partial charge in [0.15, 0.2) is 11.9 Å². The van der Waals surface area contributed by atoms with Crippen molar-refractivity contribution in [3.05, 3.63) is 28.5 Å². The number of nitrogens with two attached hydrogens (primary N) is 1. The molecule has 0 saturated heterocycles. The highest BCUT2D eigenvalue weighted by molar-refractivity contribution is 9.10. The van der Waals surface area contributed by atoms with Gasteiger partial charge in [0, 0.05) is 0 Å². The predicted molar refractivity (Wildman–Crippen MR) is 57.6 cm³/mol. The molecule has 3 N–H and O–H groups in total. The highest BCUT2D eigenvalue weighted by Gasteiger charge is 2.10. The number of amidine groups is 1. The van der Waals surface area contributed by atoms with Gasteiger partial charge in [0.25, 0.3) is 0 Å². The van der Waals surface area contributed by atoms with E-state index >= 15 is 0 Å². The maximum absolute atomic E-state index is 12.9. The van der Waals surface area contributed by atoms with E-state index in [0.29, 0.717) is 10.2 Å². The maximum Gasteiger partial charge on any atom is 0.180 e. The van der Waals surface area contributed by atoms with E-state index in [4.69, 9.17) is 15.7 Å². The second-order valence-corrected chi connectivity index (χ2v) is 3.72. The van der Waals surface area contributed by atoms with Gasteiger partial charge in [-0.15, -0.1) is 0 Å². The lowest BCUT2D eigenvalue weighted by Crippen LogP contribution is -2.31. The molecule has 0 heterocycles. The van der Waals surface area contributed by atoms with Crippen LogP contribution in [0.4, 0.5) is 4.39 Å². The van der Waals surface area contributed by atoms with Crippen LogP contribution in [0.25, 0.3) is 0 Å². The molecule has 0 spiro atoms. The van der Waals surface area contributed by atoms with E-state index in [-0.39, 0.29) is 11.7 Å². The van der Waals surface area contributed by atoms with Gasteiger partial charge in [-0.3, -0.25) is 0 Å². The fourth-order valence-electron chi connectivity index (χ4n) is 0.896. The van der Waals surface area contributed by atoms with Crippen molar-refractivity contribution >= 4 is 21.8 Å². The second kappa shape index (κ2) is 4.97. The van der Waals surface area contributed by atoms with E-state index in [0.717, 1.165) is 0 Å². The average Bonchev–Trinajstić information content (AvgIpc) is 2.22. The van der Waals surface area contributed by atoms with Gasteiger partial charge in [-0.2, -0.15) is 0 Å². The van der Waals surface area contributed by atoms with Crippen molar-refractivity contribution in [3.8, 4) is 5.75 Å². The molecule has 1 aromatic carbocycles. The topological polar surface area (TPSA) is 67.8 Å². The molecule has 0 radical (unpaired) electrons. The van der Waals surface area contributed by atoms with Crippen molar-refractivity contribution in [1.82, 2.24) is 0 Å². The number of halogens is 2. The first kappa shape index (κ1) is 11.8. The smallest absolute Gasteiger partial charge is 0.180 e. The quantitative estimate of drug-likeness (QED) is 0.385. The Morgan fingerprint density at radius 3 is 2.87 bits per heavy atom. The van der Waals surface area contributed by atoms with Crippen molar-refractivity contribution in [3.63, 3.8) is 0 Å². The van der Waals surface area contributed by atoms with Crippen LogP contribution in [0.2, 0.25) is 0 Å². The lowest BCUT2D eigenvalue weighted by molar-refractivity contribution is 0.265. The average molecular weight is 277 g/mol. The molecule has 1 aromatic rings. The number of rotatable bonds is 3. The number of benzene rings is 1. The van der Waals surface area contributed by atoms with E-state index in [1.54, 1.807) is 6.92 Å². The first-order valence-electron chi connectivity index (χ1n) is 4.13. The molecule has 4 nitrogen and oxygen atoms in total. The standard InChI is InChI=1S/C9H10BrFN2O2/c1-5(9(12)13-14)15-6-2-3-8(11)7(10)4-6/h2-5,14H,1H3,(H2,12,13). The van der Waals surface area contributed by atoms with Crippen LogP contribution in [0.3, 0.4) is 0 Å². The van der Waals surface area contributed by atoms with Crippen LogP contribution in [0.5, 0.6) is 5.75 Å². The molecule has 0 saturated carbocycles. The number of hydrogen-bond acceptors (Lipinski definition) is 3. The maximum atomic E-state index is 12.9. The summed E-state index contributed by atoms with van der Waals surface area (Å²) in [5.74, 6) is 0.0108. The van der Waals surface area contributed by atoms with Crippen molar-refractivity contribution in [2.45, 2.75) is 13.0 Å². The first-order valence-corrected chi connectivity index (χ1v) is 4.93. The Kier molecular flexibility index (Phi) is 3.90. The molecule has 6 heteroatoms. The van der Waals surface area contributed by atoms with Gasteiger partial charge >= 0.3 is 0 Å². The predicted octanol–water partition coefficient (Wildman–Crippen LogP) is 2.10. The summed E-state index contributed by atoms with van der Waals surface area (Å²) < 4.78 is 18.5. The minimum Gasteiger partial charge on any atom is -0.483 e. The molecule has 82 valence electrons. The van der Waals surface area contributed by atoms with E-state index in [2.05, 4.69) is 21.1 Å². The molecule has 15 heavy (non-hydrogen) atoms. The fraction of sp³-hybridized carbons (Fsp3) is 0.222. The van der Waals surface area contributed by atoms with Gasteiger partial charge in [-0.1, -0.05) is 5.16 Å². The number of nitrogens with zero attached hydrogens (tertiary/aromatic N) is 1. The zero-order chi connectivity index (χ0) is 11.4. The van der Waals surface area contributed by atoms with Gasteiger partial charge in [-0.05, 0) is 41.1 Å². The van der Waals surface area contributed by atoms with Gasteiger partial charge in [0.05, 0.1) is 4.47 Å². The monoisotopic (exact) mass is 276 g/mol. The highest BCUT2D eigenvalue weighted by Crippen LogP contribution is 2.22. The van der Waals surface area contributed by atoms with Crippen LogP contribution in [0, 0.1) is 5.82 Å². The van der Waals surface area contributed by atoms with Crippen molar-refractivity contribution in [2.75, 3.05) is 0 Å². The molecule has 0 bridgehead atoms. The summed E-state index contributed by atoms with van der Waals surface area (Å²) in [7, 11) is 0. The van der Waals surface area contributed by atoms with E-state index in [1.807, 2.05) is 0 Å². The van der Waals surface area contributed by atoms with Crippen LogP contribution >= 0.6 is 15.9 Å². The third kappa shape index (κ3) is 3.09. The second-order valence-electron chi connectivity index (χ2n) is 2.86. The van der Waals surface area contributed by atoms with Gasteiger partial charge in [0.2, 0.25) is 0 Å². The Labute approximate surface area is 94.7 Å². The first-order chi connectivity index (χ1) is 7.04. The summed E-state index contributed by atoms with van der Waals surface area (Å²) in [4.78, 5) is 0. The van der Waals surface area contributed by atoms with E-state index in [1.165, 1.54) is 18.2 Å². The third-order valence-corrected chi connectivity index (χ3v) is 2.34. The minimum absolute atomic E-state index is 0.0459. The molecule has 0 aliphatic heterocycles. The lowest BCUT2D eigenvalue weighted by atomic mass is 10.3. The van der Waals surface area contributed by atoms with Crippen LogP contribution in [0.1, 0.15) is 6.92 Å². The fourth-order valence-corrected chi connectivity index (χ4v) is 1.25. The summed E-state index contributed by atoms with van der Waals surface area (Å²) >= 11 is 3.02. The highest BCUT2D eigenvalue weighted by atomic mass is 79.9. The van der Waals surface area contributed by atoms with Crippen molar-refractivity contribution in [2.24, 2.45) is 10.9 Å². The molecular weight excluding hydrogens is 267 g/mol. The largest absolute Gasteiger partial charge is 0.483 e. The van der Waals surface area contributed by atoms with E-state index < -0.39 is 6.10 Å². The van der Waals surface area contributed by atoms with Crippen LogP contribution in [-0.2, 0) is 0 Å². The molecule has 0 amide bonds. The third-order valence-electron chi connectivity index (χ3n) is 1.74. The summed E-state index contributed by atoms with van der Waals surface area (Å²) in [5, 5.41) is 11.2. The van der Waals surface area contributed by atoms with Crippen LogP contribution < -0.4 is 10.5 Å².